The number of nitrogens with zero attached hydrogens (tertiary/aromatic N) is 4. The molecule has 1 aliphatic rings. The van der Waals surface area contributed by atoms with Gasteiger partial charge in [-0.15, -0.1) is 11.3 Å². The van der Waals surface area contributed by atoms with Gasteiger partial charge in [0.15, 0.2) is 5.16 Å². The Bertz CT molecular complexity index is 1010. The number of aromatic nitrogens is 2. The van der Waals surface area contributed by atoms with Crippen LogP contribution in [0, 0.1) is 0 Å². The SMILES string of the molecule is O=C(CSc1ncc(-c2ccccc2)n1CC(F)(F)F)N1CCN(Cc2cccs2)CC1. The molecule has 1 fully saturated rings. The number of hydrogen-bond donors (Lipinski definition) is 0. The van der Waals surface area contributed by atoms with Crippen molar-refractivity contribution in [2.24, 2.45) is 0 Å². The van der Waals surface area contributed by atoms with Gasteiger partial charge in [0.25, 0.3) is 0 Å². The number of hydrogen-bond acceptors (Lipinski definition) is 5. The predicted molar refractivity (Wildman–Crippen MR) is 121 cm³/mol. The van der Waals surface area contributed by atoms with E-state index in [2.05, 4.69) is 21.3 Å². The monoisotopic (exact) mass is 480 g/mol. The van der Waals surface area contributed by atoms with Crippen LogP contribution in [-0.4, -0.2) is 63.4 Å². The molecule has 4 rings (SSSR count). The van der Waals surface area contributed by atoms with Crippen molar-refractivity contribution in [2.75, 3.05) is 31.9 Å². The molecular formula is C22H23F3N4OS2. The highest BCUT2D eigenvalue weighted by Crippen LogP contribution is 2.30. The van der Waals surface area contributed by atoms with Gasteiger partial charge >= 0.3 is 6.18 Å². The van der Waals surface area contributed by atoms with Gasteiger partial charge in [0.05, 0.1) is 17.6 Å². The lowest BCUT2D eigenvalue weighted by molar-refractivity contribution is -0.141. The molecule has 1 aromatic carbocycles. The summed E-state index contributed by atoms with van der Waals surface area (Å²) in [6.07, 6.45) is -2.94. The Labute approximate surface area is 192 Å². The Morgan fingerprint density at radius 2 is 1.81 bits per heavy atom. The average molecular weight is 481 g/mol. The summed E-state index contributed by atoms with van der Waals surface area (Å²) in [6, 6.07) is 13.0. The number of rotatable bonds is 7. The van der Waals surface area contributed by atoms with Gasteiger partial charge in [-0.05, 0) is 17.0 Å². The fourth-order valence-corrected chi connectivity index (χ4v) is 5.27. The first kappa shape index (κ1) is 22.9. The summed E-state index contributed by atoms with van der Waals surface area (Å²) in [6.45, 7) is 2.55. The molecule has 32 heavy (non-hydrogen) atoms. The third kappa shape index (κ3) is 5.93. The third-order valence-electron chi connectivity index (χ3n) is 5.24. The summed E-state index contributed by atoms with van der Waals surface area (Å²) in [5, 5.41) is 2.25. The van der Waals surface area contributed by atoms with E-state index in [-0.39, 0.29) is 16.8 Å². The number of alkyl halides is 3. The number of carbonyl (C=O) groups is 1. The van der Waals surface area contributed by atoms with E-state index in [0.29, 0.717) is 24.3 Å². The predicted octanol–water partition coefficient (Wildman–Crippen LogP) is 4.61. The normalized spacial score (nSPS) is 15.3. The van der Waals surface area contributed by atoms with Crippen LogP contribution in [0.4, 0.5) is 13.2 Å². The number of benzene rings is 1. The van der Waals surface area contributed by atoms with Crippen LogP contribution in [0.5, 0.6) is 0 Å². The summed E-state index contributed by atoms with van der Waals surface area (Å²) in [5.74, 6) is -0.0119. The zero-order valence-electron chi connectivity index (χ0n) is 17.3. The molecule has 0 bridgehead atoms. The van der Waals surface area contributed by atoms with Crippen LogP contribution in [0.25, 0.3) is 11.3 Å². The first-order valence-corrected chi connectivity index (χ1v) is 12.1. The molecule has 1 aliphatic heterocycles. The maximum Gasteiger partial charge on any atom is 0.406 e. The summed E-state index contributed by atoms with van der Waals surface area (Å²) in [7, 11) is 0. The van der Waals surface area contributed by atoms with E-state index in [9.17, 15) is 18.0 Å². The zero-order chi connectivity index (χ0) is 22.6. The second-order valence-electron chi connectivity index (χ2n) is 7.52. The summed E-state index contributed by atoms with van der Waals surface area (Å²) < 4.78 is 40.8. The highest BCUT2D eigenvalue weighted by molar-refractivity contribution is 7.99. The first-order valence-electron chi connectivity index (χ1n) is 10.2. The molecule has 2 aromatic heterocycles. The maximum absolute atomic E-state index is 13.2. The van der Waals surface area contributed by atoms with Gasteiger partial charge in [-0.25, -0.2) is 4.98 Å². The third-order valence-corrected chi connectivity index (χ3v) is 7.07. The second-order valence-corrected chi connectivity index (χ2v) is 9.49. The molecule has 170 valence electrons. The van der Waals surface area contributed by atoms with Gasteiger partial charge in [-0.2, -0.15) is 13.2 Å². The first-order chi connectivity index (χ1) is 15.4. The molecule has 0 N–H and O–H groups in total. The topological polar surface area (TPSA) is 41.4 Å². The number of piperazine rings is 1. The van der Waals surface area contributed by atoms with Crippen molar-refractivity contribution in [1.29, 1.82) is 0 Å². The maximum atomic E-state index is 13.2. The molecule has 0 unspecified atom stereocenters. The van der Waals surface area contributed by atoms with Crippen LogP contribution in [0.2, 0.25) is 0 Å². The van der Waals surface area contributed by atoms with E-state index in [1.54, 1.807) is 40.5 Å². The van der Waals surface area contributed by atoms with Crippen molar-refractivity contribution >= 4 is 29.0 Å². The Hall–Kier alpha value is -2.30. The molecule has 0 spiro atoms. The van der Waals surface area contributed by atoms with Crippen molar-refractivity contribution < 1.29 is 18.0 Å². The summed E-state index contributed by atoms with van der Waals surface area (Å²) in [5.41, 5.74) is 1.05. The molecule has 0 saturated carbocycles. The van der Waals surface area contributed by atoms with Crippen molar-refractivity contribution in [1.82, 2.24) is 19.4 Å². The van der Waals surface area contributed by atoms with E-state index in [1.807, 2.05) is 12.1 Å². The minimum atomic E-state index is -4.39. The fourth-order valence-electron chi connectivity index (χ4n) is 3.64. The molecule has 0 atom stereocenters. The highest BCUT2D eigenvalue weighted by atomic mass is 32.2. The van der Waals surface area contributed by atoms with Crippen LogP contribution in [0.3, 0.4) is 0 Å². The van der Waals surface area contributed by atoms with Crippen molar-refractivity contribution in [3.63, 3.8) is 0 Å². The van der Waals surface area contributed by atoms with Crippen LogP contribution < -0.4 is 0 Å². The minimum absolute atomic E-state index is 0.0635. The van der Waals surface area contributed by atoms with Crippen molar-refractivity contribution in [3.05, 3.63) is 58.9 Å². The standard InChI is InChI=1S/C22H23F3N4OS2/c23-22(24,25)16-29-19(17-5-2-1-3-6-17)13-26-21(29)32-15-20(30)28-10-8-27(9-11-28)14-18-7-4-12-31-18/h1-7,12-13H,8-11,14-16H2. The van der Waals surface area contributed by atoms with Gasteiger partial charge in [0.2, 0.25) is 5.91 Å². The van der Waals surface area contributed by atoms with Gasteiger partial charge in [-0.1, -0.05) is 48.2 Å². The van der Waals surface area contributed by atoms with Crippen molar-refractivity contribution in [3.8, 4) is 11.3 Å². The van der Waals surface area contributed by atoms with Crippen LogP contribution in [0.1, 0.15) is 4.88 Å². The molecule has 3 aromatic rings. The van der Waals surface area contributed by atoms with E-state index < -0.39 is 12.7 Å². The van der Waals surface area contributed by atoms with E-state index in [0.717, 1.165) is 36.0 Å². The molecule has 5 nitrogen and oxygen atoms in total. The molecule has 1 amide bonds. The lowest BCUT2D eigenvalue weighted by Crippen LogP contribution is -2.48. The average Bonchev–Trinajstić information content (AvgIpc) is 3.42. The molecule has 0 aliphatic carbocycles. The molecule has 3 heterocycles. The number of imidazole rings is 1. The Morgan fingerprint density at radius 1 is 1.06 bits per heavy atom. The number of halogens is 3. The second kappa shape index (κ2) is 10.1. The largest absolute Gasteiger partial charge is 0.406 e. The van der Waals surface area contributed by atoms with Gasteiger partial charge in [0, 0.05) is 37.6 Å². The number of amides is 1. The lowest BCUT2D eigenvalue weighted by atomic mass is 10.2. The van der Waals surface area contributed by atoms with Crippen molar-refractivity contribution in [2.45, 2.75) is 24.4 Å². The van der Waals surface area contributed by atoms with E-state index in [4.69, 9.17) is 0 Å². The molecular weight excluding hydrogens is 457 g/mol. The quantitative estimate of drug-likeness (QED) is 0.463. The Balaban J connectivity index is 1.37. The van der Waals surface area contributed by atoms with Gasteiger partial charge < -0.3 is 9.47 Å². The van der Waals surface area contributed by atoms with E-state index in [1.165, 1.54) is 11.1 Å². The minimum Gasteiger partial charge on any atom is -0.339 e. The van der Waals surface area contributed by atoms with Gasteiger partial charge in [-0.3, -0.25) is 9.69 Å². The van der Waals surface area contributed by atoms with Crippen LogP contribution >= 0.6 is 23.1 Å². The number of thioether (sulfide) groups is 1. The Kier molecular flexibility index (Phi) is 7.22. The Morgan fingerprint density at radius 3 is 2.47 bits per heavy atom. The fraction of sp³-hybridized carbons (Fsp3) is 0.364. The zero-order valence-corrected chi connectivity index (χ0v) is 18.9. The van der Waals surface area contributed by atoms with Crippen LogP contribution in [0.15, 0.2) is 59.2 Å². The lowest BCUT2D eigenvalue weighted by Gasteiger charge is -2.34. The number of carbonyl (C=O) groups excluding carboxylic acids is 1. The summed E-state index contributed by atoms with van der Waals surface area (Å²) in [4.78, 5) is 22.3. The molecule has 1 saturated heterocycles. The summed E-state index contributed by atoms with van der Waals surface area (Å²) >= 11 is 2.78. The molecule has 10 heteroatoms. The van der Waals surface area contributed by atoms with E-state index >= 15 is 0 Å². The molecule has 0 radical (unpaired) electrons. The number of thiophene rings is 1. The van der Waals surface area contributed by atoms with Crippen LogP contribution in [-0.2, 0) is 17.9 Å². The highest BCUT2D eigenvalue weighted by Gasteiger charge is 2.31. The van der Waals surface area contributed by atoms with Gasteiger partial charge in [0.1, 0.15) is 6.54 Å². The smallest absolute Gasteiger partial charge is 0.339 e.